The van der Waals surface area contributed by atoms with Crippen LogP contribution in [0.15, 0.2) is 24.3 Å². The summed E-state index contributed by atoms with van der Waals surface area (Å²) in [5.41, 5.74) is 3.30. The third-order valence-corrected chi connectivity index (χ3v) is 2.28. The van der Waals surface area contributed by atoms with Crippen LogP contribution in [0.2, 0.25) is 0 Å². The Morgan fingerprint density at radius 2 is 1.50 bits per heavy atom. The summed E-state index contributed by atoms with van der Waals surface area (Å²) < 4.78 is 2.09. The minimum absolute atomic E-state index is 0.885. The number of rotatable bonds is 1. The minimum atomic E-state index is 0.885. The monoisotopic (exact) mass is 187 g/mol. The number of hydrogen-bond donors (Lipinski definition) is 0. The van der Waals surface area contributed by atoms with Crippen molar-refractivity contribution < 1.29 is 0 Å². The van der Waals surface area contributed by atoms with Gasteiger partial charge in [0.2, 0.25) is 0 Å². The van der Waals surface area contributed by atoms with Crippen LogP contribution in [0.4, 0.5) is 0 Å². The van der Waals surface area contributed by atoms with Gasteiger partial charge >= 0.3 is 0 Å². The summed E-state index contributed by atoms with van der Waals surface area (Å²) in [7, 11) is 0. The van der Waals surface area contributed by atoms with E-state index in [2.05, 4.69) is 40.7 Å². The van der Waals surface area contributed by atoms with Gasteiger partial charge in [0.25, 0.3) is 0 Å². The van der Waals surface area contributed by atoms with Crippen LogP contribution in [0.1, 0.15) is 17.1 Å². The van der Waals surface area contributed by atoms with E-state index in [1.165, 1.54) is 11.4 Å². The first kappa shape index (κ1) is 8.94. The Morgan fingerprint density at radius 3 is 2.00 bits per heavy atom. The Balaban J connectivity index is 2.54. The summed E-state index contributed by atoms with van der Waals surface area (Å²) in [6.45, 7) is 6.06. The van der Waals surface area contributed by atoms with Gasteiger partial charge in [0.15, 0.2) is 5.82 Å². The Morgan fingerprint density at radius 1 is 0.857 bits per heavy atom. The van der Waals surface area contributed by atoms with Crippen molar-refractivity contribution in [3.05, 3.63) is 41.3 Å². The number of aromatic nitrogens is 3. The zero-order valence-corrected chi connectivity index (χ0v) is 8.65. The largest absolute Gasteiger partial charge is 0.302 e. The van der Waals surface area contributed by atoms with E-state index >= 15 is 0 Å². The summed E-state index contributed by atoms with van der Waals surface area (Å²) >= 11 is 0. The van der Waals surface area contributed by atoms with Crippen LogP contribution in [-0.2, 0) is 0 Å². The Kier molecular flexibility index (Phi) is 2.08. The molecule has 0 radical (unpaired) electrons. The van der Waals surface area contributed by atoms with Crippen LogP contribution < -0.4 is 0 Å². The first-order valence-corrected chi connectivity index (χ1v) is 4.64. The van der Waals surface area contributed by atoms with Crippen molar-refractivity contribution in [2.45, 2.75) is 20.8 Å². The topological polar surface area (TPSA) is 30.7 Å². The summed E-state index contributed by atoms with van der Waals surface area (Å²) in [6.07, 6.45) is 0. The van der Waals surface area contributed by atoms with Crippen molar-refractivity contribution in [2.75, 3.05) is 0 Å². The van der Waals surface area contributed by atoms with Gasteiger partial charge in [-0.2, -0.15) is 5.10 Å². The lowest BCUT2D eigenvalue weighted by atomic mass is 10.4. The molecular weight excluding hydrogens is 174 g/mol. The predicted octanol–water partition coefficient (Wildman–Crippen LogP) is 2.19. The van der Waals surface area contributed by atoms with E-state index in [-0.39, 0.29) is 0 Å². The molecule has 72 valence electrons. The van der Waals surface area contributed by atoms with Crippen LogP contribution in [0.25, 0.3) is 5.82 Å². The van der Waals surface area contributed by atoms with E-state index < -0.39 is 0 Å². The summed E-state index contributed by atoms with van der Waals surface area (Å²) in [6, 6.07) is 8.12. The molecule has 3 nitrogen and oxygen atoms in total. The van der Waals surface area contributed by atoms with E-state index in [0.29, 0.717) is 0 Å². The molecule has 0 aliphatic heterocycles. The Bertz CT molecular complexity index is 421. The van der Waals surface area contributed by atoms with Gasteiger partial charge in [-0.25, -0.2) is 0 Å². The lowest BCUT2D eigenvalue weighted by molar-refractivity contribution is 0.857. The molecule has 0 aliphatic rings. The van der Waals surface area contributed by atoms with Gasteiger partial charge in [-0.15, -0.1) is 5.10 Å². The van der Waals surface area contributed by atoms with Crippen LogP contribution >= 0.6 is 0 Å². The second-order valence-corrected chi connectivity index (χ2v) is 3.48. The lowest BCUT2D eigenvalue weighted by Crippen LogP contribution is -2.02. The highest BCUT2D eigenvalue weighted by molar-refractivity contribution is 5.30. The highest BCUT2D eigenvalue weighted by Crippen LogP contribution is 2.13. The average molecular weight is 187 g/mol. The molecule has 0 spiro atoms. The van der Waals surface area contributed by atoms with Gasteiger partial charge in [-0.05, 0) is 45.0 Å². The van der Waals surface area contributed by atoms with E-state index in [4.69, 9.17) is 0 Å². The second kappa shape index (κ2) is 3.25. The molecule has 14 heavy (non-hydrogen) atoms. The van der Waals surface area contributed by atoms with Crippen molar-refractivity contribution in [1.29, 1.82) is 0 Å². The summed E-state index contributed by atoms with van der Waals surface area (Å²) in [5.74, 6) is 0.885. The molecule has 3 heteroatoms. The molecule has 0 saturated carbocycles. The number of aryl methyl sites for hydroxylation is 3. The quantitative estimate of drug-likeness (QED) is 0.685. The van der Waals surface area contributed by atoms with Gasteiger partial charge in [0.1, 0.15) is 0 Å². The fraction of sp³-hybridized carbons (Fsp3) is 0.273. The highest BCUT2D eigenvalue weighted by Gasteiger charge is 2.04. The van der Waals surface area contributed by atoms with E-state index in [1.807, 2.05) is 19.1 Å². The zero-order valence-electron chi connectivity index (χ0n) is 8.65. The van der Waals surface area contributed by atoms with Crippen LogP contribution in [0.5, 0.6) is 0 Å². The molecule has 0 aliphatic carbocycles. The van der Waals surface area contributed by atoms with Gasteiger partial charge in [-0.3, -0.25) is 0 Å². The molecule has 2 rings (SSSR count). The molecule has 0 fully saturated rings. The first-order valence-electron chi connectivity index (χ1n) is 4.64. The standard InChI is InChI=1S/C11H13N3/c1-8-4-7-11(13-12-8)14-9(2)5-6-10(14)3/h4-7H,1-3H3. The SMILES string of the molecule is Cc1ccc(-n2c(C)ccc2C)nn1. The molecule has 0 aromatic carbocycles. The molecule has 0 atom stereocenters. The predicted molar refractivity (Wildman–Crippen MR) is 55.6 cm³/mol. The molecule has 0 amide bonds. The molecule has 2 heterocycles. The van der Waals surface area contributed by atoms with Crippen LogP contribution in [0, 0.1) is 20.8 Å². The van der Waals surface area contributed by atoms with Crippen molar-refractivity contribution >= 4 is 0 Å². The van der Waals surface area contributed by atoms with Crippen LogP contribution in [0.3, 0.4) is 0 Å². The van der Waals surface area contributed by atoms with Crippen molar-refractivity contribution in [1.82, 2.24) is 14.8 Å². The molecular formula is C11H13N3. The molecule has 0 saturated heterocycles. The second-order valence-electron chi connectivity index (χ2n) is 3.48. The van der Waals surface area contributed by atoms with E-state index in [9.17, 15) is 0 Å². The fourth-order valence-electron chi connectivity index (χ4n) is 1.54. The van der Waals surface area contributed by atoms with E-state index in [1.54, 1.807) is 0 Å². The molecule has 2 aromatic rings. The van der Waals surface area contributed by atoms with Crippen molar-refractivity contribution in [3.63, 3.8) is 0 Å². The van der Waals surface area contributed by atoms with Crippen molar-refractivity contribution in [3.8, 4) is 5.82 Å². The third kappa shape index (κ3) is 1.41. The first-order chi connectivity index (χ1) is 6.68. The Hall–Kier alpha value is -1.64. The maximum Gasteiger partial charge on any atom is 0.159 e. The molecule has 0 N–H and O–H groups in total. The normalized spacial score (nSPS) is 10.5. The number of nitrogens with zero attached hydrogens (tertiary/aromatic N) is 3. The fourth-order valence-corrected chi connectivity index (χ4v) is 1.54. The molecule has 2 aromatic heterocycles. The lowest BCUT2D eigenvalue weighted by Gasteiger charge is -2.06. The van der Waals surface area contributed by atoms with Gasteiger partial charge < -0.3 is 4.57 Å². The maximum absolute atomic E-state index is 4.16. The van der Waals surface area contributed by atoms with Gasteiger partial charge in [0.05, 0.1) is 5.69 Å². The Labute approximate surface area is 83.4 Å². The summed E-state index contributed by atoms with van der Waals surface area (Å²) in [4.78, 5) is 0. The van der Waals surface area contributed by atoms with Crippen LogP contribution in [-0.4, -0.2) is 14.8 Å². The summed E-state index contributed by atoms with van der Waals surface area (Å²) in [5, 5.41) is 8.20. The van der Waals surface area contributed by atoms with Gasteiger partial charge in [0, 0.05) is 11.4 Å². The molecule has 0 bridgehead atoms. The maximum atomic E-state index is 4.16. The molecule has 0 unspecified atom stereocenters. The highest BCUT2D eigenvalue weighted by atomic mass is 15.2. The number of hydrogen-bond acceptors (Lipinski definition) is 2. The van der Waals surface area contributed by atoms with Gasteiger partial charge in [-0.1, -0.05) is 0 Å². The smallest absolute Gasteiger partial charge is 0.159 e. The minimum Gasteiger partial charge on any atom is -0.302 e. The third-order valence-electron chi connectivity index (χ3n) is 2.28. The van der Waals surface area contributed by atoms with Crippen molar-refractivity contribution in [2.24, 2.45) is 0 Å². The van der Waals surface area contributed by atoms with E-state index in [0.717, 1.165) is 11.5 Å². The average Bonchev–Trinajstić information content (AvgIpc) is 2.49. The zero-order chi connectivity index (χ0) is 10.1.